The van der Waals surface area contributed by atoms with Gasteiger partial charge in [0.1, 0.15) is 5.78 Å². The van der Waals surface area contributed by atoms with Gasteiger partial charge in [0.25, 0.3) is 0 Å². The highest BCUT2D eigenvalue weighted by atomic mass is 16.1. The van der Waals surface area contributed by atoms with Crippen molar-refractivity contribution < 1.29 is 4.79 Å². The van der Waals surface area contributed by atoms with Crippen LogP contribution in [-0.4, -0.2) is 38.7 Å². The van der Waals surface area contributed by atoms with Gasteiger partial charge in [-0.3, -0.25) is 19.7 Å². The monoisotopic (exact) mass is 362 g/mol. The fourth-order valence-corrected chi connectivity index (χ4v) is 3.99. The molecule has 27 heavy (non-hydrogen) atoms. The van der Waals surface area contributed by atoms with Crippen LogP contribution in [0.25, 0.3) is 10.9 Å². The maximum Gasteiger partial charge on any atom is 0.136 e. The molecule has 5 nitrogen and oxygen atoms in total. The Hall–Kier alpha value is -2.53. The number of aromatic amines is 1. The average Bonchev–Trinajstić information content (AvgIpc) is 3.09. The molecule has 0 bridgehead atoms. The smallest absolute Gasteiger partial charge is 0.136 e. The molecule has 2 aromatic heterocycles. The number of nitrogens with one attached hydrogen (secondary N) is 1. The van der Waals surface area contributed by atoms with Gasteiger partial charge in [0.15, 0.2) is 0 Å². The predicted octanol–water partition coefficient (Wildman–Crippen LogP) is 3.68. The van der Waals surface area contributed by atoms with E-state index in [-0.39, 0.29) is 5.92 Å². The molecule has 1 fully saturated rings. The van der Waals surface area contributed by atoms with Crippen molar-refractivity contribution in [3.8, 4) is 0 Å². The second-order valence-corrected chi connectivity index (χ2v) is 7.58. The van der Waals surface area contributed by atoms with E-state index in [0.717, 1.165) is 38.2 Å². The van der Waals surface area contributed by atoms with Crippen molar-refractivity contribution in [3.05, 3.63) is 59.8 Å². The highest BCUT2D eigenvalue weighted by Gasteiger charge is 2.25. The molecule has 1 aromatic carbocycles. The molecule has 0 saturated carbocycles. The first kappa shape index (κ1) is 17.9. The van der Waals surface area contributed by atoms with Gasteiger partial charge in [-0.1, -0.05) is 11.6 Å². The molecule has 0 radical (unpaired) electrons. The number of H-pyrrole nitrogens is 1. The van der Waals surface area contributed by atoms with Crippen LogP contribution in [-0.2, 0) is 17.8 Å². The van der Waals surface area contributed by atoms with Gasteiger partial charge >= 0.3 is 0 Å². The van der Waals surface area contributed by atoms with Crippen LogP contribution < -0.4 is 0 Å². The maximum absolute atomic E-state index is 12.5. The van der Waals surface area contributed by atoms with Crippen molar-refractivity contribution in [2.45, 2.75) is 39.2 Å². The predicted molar refractivity (Wildman–Crippen MR) is 106 cm³/mol. The lowest BCUT2D eigenvalue weighted by Crippen LogP contribution is -2.36. The van der Waals surface area contributed by atoms with Gasteiger partial charge in [0, 0.05) is 54.6 Å². The van der Waals surface area contributed by atoms with E-state index in [4.69, 9.17) is 0 Å². The standard InChI is InChI=1S/C22H26N4O/c1-16-2-4-21-20(12-16)18(13-25-21)15-26-10-6-17(7-11-26)22(27)5-3-19-14-23-8-9-24-19/h2,4,8-9,12-14,17,25H,3,5-7,10-11,15H2,1H3. The fraction of sp³-hybridized carbons (Fsp3) is 0.409. The minimum Gasteiger partial charge on any atom is -0.361 e. The van der Waals surface area contributed by atoms with Crippen LogP contribution in [0.5, 0.6) is 0 Å². The summed E-state index contributed by atoms with van der Waals surface area (Å²) in [5.74, 6) is 0.575. The highest BCUT2D eigenvalue weighted by Crippen LogP contribution is 2.25. The Bertz CT molecular complexity index is 910. The second kappa shape index (κ2) is 8.01. The number of aromatic nitrogens is 3. The number of Topliss-reactive ketones (excluding diaryl/α,β-unsaturated/α-hetero) is 1. The minimum absolute atomic E-state index is 0.197. The molecule has 0 atom stereocenters. The normalized spacial score (nSPS) is 16.0. The number of hydrogen-bond donors (Lipinski definition) is 1. The van der Waals surface area contributed by atoms with Crippen LogP contribution >= 0.6 is 0 Å². The number of aryl methyl sites for hydroxylation is 2. The van der Waals surface area contributed by atoms with E-state index in [1.165, 1.54) is 22.0 Å². The van der Waals surface area contributed by atoms with Crippen molar-refractivity contribution in [1.82, 2.24) is 19.9 Å². The van der Waals surface area contributed by atoms with Crippen LogP contribution in [0.2, 0.25) is 0 Å². The van der Waals surface area contributed by atoms with Gasteiger partial charge in [-0.25, -0.2) is 0 Å². The summed E-state index contributed by atoms with van der Waals surface area (Å²) in [6, 6.07) is 6.54. The number of nitrogens with zero attached hydrogens (tertiary/aromatic N) is 3. The molecule has 140 valence electrons. The lowest BCUT2D eigenvalue weighted by atomic mass is 9.90. The van der Waals surface area contributed by atoms with Gasteiger partial charge in [-0.05, 0) is 57.0 Å². The number of benzene rings is 1. The van der Waals surface area contributed by atoms with Crippen molar-refractivity contribution >= 4 is 16.7 Å². The summed E-state index contributed by atoms with van der Waals surface area (Å²) in [7, 11) is 0. The fourth-order valence-electron chi connectivity index (χ4n) is 3.99. The van der Waals surface area contributed by atoms with Gasteiger partial charge in [-0.15, -0.1) is 0 Å². The molecule has 1 aliphatic heterocycles. The molecule has 0 spiro atoms. The lowest BCUT2D eigenvalue weighted by Gasteiger charge is -2.31. The summed E-state index contributed by atoms with van der Waals surface area (Å²) >= 11 is 0. The van der Waals surface area contributed by atoms with Crippen molar-refractivity contribution in [1.29, 1.82) is 0 Å². The Labute approximate surface area is 159 Å². The zero-order chi connectivity index (χ0) is 18.6. The van der Waals surface area contributed by atoms with E-state index in [9.17, 15) is 4.79 Å². The average molecular weight is 362 g/mol. The molecule has 0 amide bonds. The van der Waals surface area contributed by atoms with Crippen molar-refractivity contribution in [2.24, 2.45) is 5.92 Å². The number of hydrogen-bond acceptors (Lipinski definition) is 4. The number of carbonyl (C=O) groups excluding carboxylic acids is 1. The van der Waals surface area contributed by atoms with E-state index in [1.807, 2.05) is 0 Å². The number of carbonyl (C=O) groups is 1. The summed E-state index contributed by atoms with van der Waals surface area (Å²) in [4.78, 5) is 26.7. The molecule has 1 aliphatic rings. The maximum atomic E-state index is 12.5. The summed E-state index contributed by atoms with van der Waals surface area (Å²) in [5, 5.41) is 1.32. The Morgan fingerprint density at radius 2 is 2.11 bits per heavy atom. The zero-order valence-electron chi connectivity index (χ0n) is 15.8. The quantitative estimate of drug-likeness (QED) is 0.727. The van der Waals surface area contributed by atoms with Gasteiger partial charge in [0.05, 0.1) is 5.69 Å². The largest absolute Gasteiger partial charge is 0.361 e. The van der Waals surface area contributed by atoms with E-state index < -0.39 is 0 Å². The first-order valence-corrected chi connectivity index (χ1v) is 9.75. The highest BCUT2D eigenvalue weighted by molar-refractivity contribution is 5.84. The molecule has 0 unspecified atom stereocenters. The minimum atomic E-state index is 0.197. The summed E-state index contributed by atoms with van der Waals surface area (Å²) in [6.07, 6.45) is 10.4. The number of piperidine rings is 1. The number of likely N-dealkylation sites (tertiary alicyclic amines) is 1. The third-order valence-electron chi connectivity index (χ3n) is 5.60. The molecular weight excluding hydrogens is 336 g/mol. The van der Waals surface area contributed by atoms with E-state index in [1.54, 1.807) is 18.6 Å². The Balaban J connectivity index is 1.29. The molecule has 1 saturated heterocycles. The SMILES string of the molecule is Cc1ccc2[nH]cc(CN3CCC(C(=O)CCc4cnccn4)CC3)c2c1. The van der Waals surface area contributed by atoms with Crippen molar-refractivity contribution in [2.75, 3.05) is 13.1 Å². The zero-order valence-corrected chi connectivity index (χ0v) is 15.8. The number of rotatable bonds is 6. The summed E-state index contributed by atoms with van der Waals surface area (Å²) < 4.78 is 0. The molecule has 1 N–H and O–H groups in total. The molecule has 3 heterocycles. The van der Waals surface area contributed by atoms with Crippen LogP contribution in [0.3, 0.4) is 0 Å². The molecule has 3 aromatic rings. The second-order valence-electron chi connectivity index (χ2n) is 7.58. The third-order valence-corrected chi connectivity index (χ3v) is 5.60. The van der Waals surface area contributed by atoms with Crippen LogP contribution in [0, 0.1) is 12.8 Å². The first-order chi connectivity index (χ1) is 13.2. The summed E-state index contributed by atoms with van der Waals surface area (Å²) in [5.41, 5.74) is 4.74. The lowest BCUT2D eigenvalue weighted by molar-refractivity contribution is -0.124. The third kappa shape index (κ3) is 4.25. The van der Waals surface area contributed by atoms with Gasteiger partial charge in [0.2, 0.25) is 0 Å². The molecule has 4 rings (SSSR count). The van der Waals surface area contributed by atoms with Crippen LogP contribution in [0.4, 0.5) is 0 Å². The molecule has 0 aliphatic carbocycles. The Morgan fingerprint density at radius 3 is 2.89 bits per heavy atom. The number of ketones is 1. The topological polar surface area (TPSA) is 61.9 Å². The Kier molecular flexibility index (Phi) is 5.30. The first-order valence-electron chi connectivity index (χ1n) is 9.75. The molecular formula is C22H26N4O. The van der Waals surface area contributed by atoms with Crippen LogP contribution in [0.15, 0.2) is 43.0 Å². The summed E-state index contributed by atoms with van der Waals surface area (Å²) in [6.45, 7) is 5.05. The van der Waals surface area contributed by atoms with E-state index in [2.05, 4.69) is 51.2 Å². The van der Waals surface area contributed by atoms with E-state index in [0.29, 0.717) is 18.6 Å². The molecule has 5 heteroatoms. The van der Waals surface area contributed by atoms with Crippen LogP contribution in [0.1, 0.15) is 36.1 Å². The van der Waals surface area contributed by atoms with Crippen molar-refractivity contribution in [3.63, 3.8) is 0 Å². The van der Waals surface area contributed by atoms with Gasteiger partial charge < -0.3 is 4.98 Å². The Morgan fingerprint density at radius 1 is 1.26 bits per heavy atom. The van der Waals surface area contributed by atoms with E-state index >= 15 is 0 Å². The number of fused-ring (bicyclic) bond motifs is 1. The van der Waals surface area contributed by atoms with Gasteiger partial charge in [-0.2, -0.15) is 0 Å².